The molecule has 5 nitrogen and oxygen atoms in total. The fraction of sp³-hybridized carbons (Fsp3) is 0.412. The van der Waals surface area contributed by atoms with Crippen molar-refractivity contribution in [2.75, 3.05) is 26.7 Å². The molecule has 1 aromatic heterocycles. The topological polar surface area (TPSA) is 50.2 Å². The van der Waals surface area contributed by atoms with Gasteiger partial charge in [-0.2, -0.15) is 5.10 Å². The summed E-state index contributed by atoms with van der Waals surface area (Å²) in [5.74, 6) is 0.111. The number of nitrogens with one attached hydrogen (secondary N) is 1. The number of rotatable bonds is 4. The summed E-state index contributed by atoms with van der Waals surface area (Å²) in [6.45, 7) is 2.42. The third-order valence-electron chi connectivity index (χ3n) is 4.26. The first-order valence-corrected chi connectivity index (χ1v) is 8.82. The largest absolute Gasteiger partial charge is 0.337 e. The van der Waals surface area contributed by atoms with Gasteiger partial charge in [-0.1, -0.05) is 0 Å². The molecule has 8 heteroatoms. The van der Waals surface area contributed by atoms with Crippen LogP contribution < -0.4 is 5.32 Å². The molecule has 2 aromatic rings. The molecule has 0 spiro atoms. The summed E-state index contributed by atoms with van der Waals surface area (Å²) >= 11 is 3.42. The van der Waals surface area contributed by atoms with E-state index < -0.39 is 0 Å². The van der Waals surface area contributed by atoms with Crippen LogP contribution in [0, 0.1) is 11.7 Å². The number of piperidine rings is 1. The zero-order chi connectivity index (χ0) is 17.1. The Bertz CT molecular complexity index is 720. The van der Waals surface area contributed by atoms with E-state index in [0.717, 1.165) is 32.5 Å². The Morgan fingerprint density at radius 3 is 2.80 bits per heavy atom. The van der Waals surface area contributed by atoms with Gasteiger partial charge in [-0.15, -0.1) is 12.4 Å². The highest BCUT2D eigenvalue weighted by atomic mass is 79.9. The highest BCUT2D eigenvalue weighted by Crippen LogP contribution is 2.23. The first-order chi connectivity index (χ1) is 11.6. The second-order valence-electron chi connectivity index (χ2n) is 6.06. The van der Waals surface area contributed by atoms with Crippen LogP contribution in [0.2, 0.25) is 0 Å². The van der Waals surface area contributed by atoms with Crippen molar-refractivity contribution in [3.8, 4) is 5.69 Å². The third kappa shape index (κ3) is 4.59. The quantitative estimate of drug-likeness (QED) is 0.808. The molecule has 1 atom stereocenters. The maximum absolute atomic E-state index is 13.1. The molecule has 0 bridgehead atoms. The van der Waals surface area contributed by atoms with Crippen LogP contribution in [0.25, 0.3) is 5.69 Å². The highest BCUT2D eigenvalue weighted by molar-refractivity contribution is 9.10. The Kier molecular flexibility index (Phi) is 6.98. The summed E-state index contributed by atoms with van der Waals surface area (Å²) in [5, 5.41) is 7.58. The number of likely N-dealkylation sites (tertiary alicyclic amines) is 1. The normalized spacial score (nSPS) is 17.2. The Balaban J connectivity index is 0.00000225. The molecule has 1 N–H and O–H groups in total. The molecule has 0 radical (unpaired) electrons. The van der Waals surface area contributed by atoms with Crippen molar-refractivity contribution in [3.05, 3.63) is 46.4 Å². The van der Waals surface area contributed by atoms with Crippen LogP contribution in [0.15, 0.2) is 34.9 Å². The summed E-state index contributed by atoms with van der Waals surface area (Å²) < 4.78 is 15.3. The summed E-state index contributed by atoms with van der Waals surface area (Å²) in [7, 11) is 1.93. The van der Waals surface area contributed by atoms with Gasteiger partial charge in [0.1, 0.15) is 5.82 Å². The lowest BCUT2D eigenvalue weighted by Crippen LogP contribution is -2.42. The predicted octanol–water partition coefficient (Wildman–Crippen LogP) is 3.27. The van der Waals surface area contributed by atoms with Gasteiger partial charge in [0, 0.05) is 19.3 Å². The SMILES string of the molecule is CNCC1CCCN(C(=O)c2nn(-c3ccc(F)cc3)cc2Br)C1.Cl. The minimum atomic E-state index is -0.301. The summed E-state index contributed by atoms with van der Waals surface area (Å²) in [4.78, 5) is 14.7. The van der Waals surface area contributed by atoms with Gasteiger partial charge in [0.15, 0.2) is 5.69 Å². The lowest BCUT2D eigenvalue weighted by Gasteiger charge is -2.32. The van der Waals surface area contributed by atoms with E-state index in [-0.39, 0.29) is 24.1 Å². The van der Waals surface area contributed by atoms with Crippen LogP contribution in [0.1, 0.15) is 23.3 Å². The average Bonchev–Trinajstić information content (AvgIpc) is 2.97. The second-order valence-corrected chi connectivity index (χ2v) is 6.92. The fourth-order valence-electron chi connectivity index (χ4n) is 3.08. The predicted molar refractivity (Wildman–Crippen MR) is 101 cm³/mol. The fourth-order valence-corrected chi connectivity index (χ4v) is 3.52. The maximum Gasteiger partial charge on any atom is 0.275 e. The van der Waals surface area contributed by atoms with E-state index in [0.29, 0.717) is 21.8 Å². The molecular weight excluding hydrogens is 411 g/mol. The van der Waals surface area contributed by atoms with E-state index in [4.69, 9.17) is 0 Å². The van der Waals surface area contributed by atoms with Gasteiger partial charge in [-0.25, -0.2) is 9.07 Å². The Morgan fingerprint density at radius 1 is 1.40 bits per heavy atom. The van der Waals surface area contributed by atoms with E-state index in [1.807, 2.05) is 11.9 Å². The van der Waals surface area contributed by atoms with Crippen molar-refractivity contribution in [1.29, 1.82) is 0 Å². The molecule has 0 aliphatic carbocycles. The lowest BCUT2D eigenvalue weighted by molar-refractivity contribution is 0.0667. The van der Waals surface area contributed by atoms with Crippen molar-refractivity contribution < 1.29 is 9.18 Å². The monoisotopic (exact) mass is 430 g/mol. The van der Waals surface area contributed by atoms with Crippen molar-refractivity contribution in [1.82, 2.24) is 20.0 Å². The van der Waals surface area contributed by atoms with E-state index in [9.17, 15) is 9.18 Å². The Labute approximate surface area is 161 Å². The number of amides is 1. The van der Waals surface area contributed by atoms with Crippen molar-refractivity contribution >= 4 is 34.2 Å². The van der Waals surface area contributed by atoms with Gasteiger partial charge in [0.25, 0.3) is 5.91 Å². The Hall–Kier alpha value is -1.44. The van der Waals surface area contributed by atoms with E-state index in [2.05, 4.69) is 26.3 Å². The van der Waals surface area contributed by atoms with Crippen LogP contribution in [0.4, 0.5) is 4.39 Å². The molecule has 1 unspecified atom stereocenters. The first-order valence-electron chi connectivity index (χ1n) is 8.03. The summed E-state index contributed by atoms with van der Waals surface area (Å²) in [6, 6.07) is 6.01. The number of nitrogens with zero attached hydrogens (tertiary/aromatic N) is 3. The Morgan fingerprint density at radius 2 is 2.12 bits per heavy atom. The molecular formula is C17H21BrClFN4O. The van der Waals surface area contributed by atoms with Crippen LogP contribution >= 0.6 is 28.3 Å². The standard InChI is InChI=1S/C17H20BrFN4O.ClH/c1-20-9-12-3-2-8-22(10-12)17(24)16-15(18)11-23(21-16)14-6-4-13(19)5-7-14;/h4-7,11-12,20H,2-3,8-10H2,1H3;1H. The zero-order valence-electron chi connectivity index (χ0n) is 13.9. The van der Waals surface area contributed by atoms with Gasteiger partial charge in [-0.05, 0) is 72.5 Å². The molecule has 3 rings (SSSR count). The van der Waals surface area contributed by atoms with Crippen molar-refractivity contribution in [3.63, 3.8) is 0 Å². The minimum absolute atomic E-state index is 0. The molecule has 0 saturated carbocycles. The minimum Gasteiger partial charge on any atom is -0.337 e. The van der Waals surface area contributed by atoms with Crippen LogP contribution in [0.5, 0.6) is 0 Å². The van der Waals surface area contributed by atoms with Gasteiger partial charge >= 0.3 is 0 Å². The smallest absolute Gasteiger partial charge is 0.275 e. The van der Waals surface area contributed by atoms with Gasteiger partial charge in [0.05, 0.1) is 10.2 Å². The molecule has 136 valence electrons. The molecule has 25 heavy (non-hydrogen) atoms. The van der Waals surface area contributed by atoms with Gasteiger partial charge in [0.2, 0.25) is 0 Å². The maximum atomic E-state index is 13.1. The molecule has 2 heterocycles. The molecule has 1 aliphatic heterocycles. The molecule has 1 fully saturated rings. The number of benzene rings is 1. The second kappa shape index (κ2) is 8.78. The van der Waals surface area contributed by atoms with Crippen molar-refractivity contribution in [2.45, 2.75) is 12.8 Å². The average molecular weight is 432 g/mol. The third-order valence-corrected chi connectivity index (χ3v) is 4.84. The number of aromatic nitrogens is 2. The van der Waals surface area contributed by atoms with E-state index in [1.54, 1.807) is 23.0 Å². The summed E-state index contributed by atoms with van der Waals surface area (Å²) in [6.07, 6.45) is 3.87. The molecule has 1 aromatic carbocycles. The number of carbonyl (C=O) groups is 1. The number of hydrogen-bond acceptors (Lipinski definition) is 3. The van der Waals surface area contributed by atoms with Gasteiger partial charge < -0.3 is 10.2 Å². The number of hydrogen-bond donors (Lipinski definition) is 1. The van der Waals surface area contributed by atoms with Gasteiger partial charge in [-0.3, -0.25) is 4.79 Å². The lowest BCUT2D eigenvalue weighted by atomic mass is 9.98. The first kappa shape index (κ1) is 19.9. The number of carbonyl (C=O) groups excluding carboxylic acids is 1. The summed E-state index contributed by atoms with van der Waals surface area (Å²) in [5.41, 5.74) is 1.10. The highest BCUT2D eigenvalue weighted by Gasteiger charge is 2.27. The molecule has 1 amide bonds. The number of halogens is 3. The van der Waals surface area contributed by atoms with E-state index in [1.165, 1.54) is 12.1 Å². The zero-order valence-corrected chi connectivity index (χ0v) is 16.3. The van der Waals surface area contributed by atoms with Crippen LogP contribution in [-0.4, -0.2) is 47.3 Å². The molecule has 1 saturated heterocycles. The van der Waals surface area contributed by atoms with Crippen LogP contribution in [0.3, 0.4) is 0 Å². The van der Waals surface area contributed by atoms with Crippen molar-refractivity contribution in [2.24, 2.45) is 5.92 Å². The van der Waals surface area contributed by atoms with Crippen LogP contribution in [-0.2, 0) is 0 Å². The van der Waals surface area contributed by atoms with E-state index >= 15 is 0 Å². The molecule has 1 aliphatic rings.